The van der Waals surface area contributed by atoms with Crippen LogP contribution in [0.1, 0.15) is 31.2 Å². The molecule has 0 spiro atoms. The van der Waals surface area contributed by atoms with Crippen LogP contribution in [0.4, 0.5) is 0 Å². The topological polar surface area (TPSA) is 59.4 Å². The summed E-state index contributed by atoms with van der Waals surface area (Å²) in [5.41, 5.74) is 0.990. The number of carbonyl (C=O) groups is 1. The van der Waals surface area contributed by atoms with E-state index in [9.17, 15) is 4.79 Å². The van der Waals surface area contributed by atoms with Crippen LogP contribution >= 0.6 is 15.9 Å². The molecule has 0 saturated heterocycles. The maximum atomic E-state index is 10.9. The lowest BCUT2D eigenvalue weighted by atomic mass is 9.87. The molecule has 0 atom stereocenters. The number of aryl methyl sites for hydroxylation is 1. The Balaban J connectivity index is 1.93. The van der Waals surface area contributed by atoms with Crippen LogP contribution in [0.25, 0.3) is 0 Å². The summed E-state index contributed by atoms with van der Waals surface area (Å²) in [5.74, 6) is -0.243. The number of nitrogens with zero attached hydrogens (tertiary/aromatic N) is 1. The molecule has 0 aromatic carbocycles. The third-order valence-electron chi connectivity index (χ3n) is 3.30. The van der Waals surface area contributed by atoms with Crippen molar-refractivity contribution < 1.29 is 14.6 Å². The van der Waals surface area contributed by atoms with Gasteiger partial charge in [0.2, 0.25) is 5.88 Å². The maximum Gasteiger partial charge on any atom is 0.306 e. The number of hydrogen-bond donors (Lipinski definition) is 1. The van der Waals surface area contributed by atoms with Gasteiger partial charge in [-0.2, -0.15) is 0 Å². The van der Waals surface area contributed by atoms with Gasteiger partial charge in [-0.3, -0.25) is 4.79 Å². The largest absolute Gasteiger partial charge is 0.481 e. The van der Waals surface area contributed by atoms with E-state index in [0.717, 1.165) is 22.9 Å². The van der Waals surface area contributed by atoms with E-state index in [1.807, 2.05) is 13.0 Å². The zero-order valence-electron chi connectivity index (χ0n) is 10.2. The van der Waals surface area contributed by atoms with Gasteiger partial charge in [-0.1, -0.05) is 0 Å². The molecular formula is C13H16BrNO3. The van der Waals surface area contributed by atoms with E-state index in [1.165, 1.54) is 0 Å². The fourth-order valence-corrected chi connectivity index (χ4v) is 2.68. The van der Waals surface area contributed by atoms with Crippen molar-refractivity contribution in [3.8, 4) is 5.88 Å². The van der Waals surface area contributed by atoms with Crippen LogP contribution in [0.15, 0.2) is 16.7 Å². The highest BCUT2D eigenvalue weighted by atomic mass is 79.9. The Labute approximate surface area is 115 Å². The number of ether oxygens (including phenoxy) is 1. The third kappa shape index (κ3) is 3.22. The Morgan fingerprint density at radius 3 is 2.67 bits per heavy atom. The lowest BCUT2D eigenvalue weighted by Crippen LogP contribution is -2.28. The van der Waals surface area contributed by atoms with E-state index in [4.69, 9.17) is 9.84 Å². The second-order valence-electron chi connectivity index (χ2n) is 4.71. The van der Waals surface area contributed by atoms with Crippen LogP contribution in [-0.2, 0) is 4.79 Å². The predicted octanol–water partition coefficient (Wildman–Crippen LogP) is 3.17. The molecule has 1 aliphatic carbocycles. The van der Waals surface area contributed by atoms with Gasteiger partial charge in [0, 0.05) is 16.2 Å². The van der Waals surface area contributed by atoms with Crippen molar-refractivity contribution in [2.24, 2.45) is 5.92 Å². The number of rotatable bonds is 3. The minimum atomic E-state index is -0.689. The van der Waals surface area contributed by atoms with Gasteiger partial charge in [0.25, 0.3) is 0 Å². The zero-order chi connectivity index (χ0) is 13.1. The lowest BCUT2D eigenvalue weighted by molar-refractivity contribution is -0.143. The summed E-state index contributed by atoms with van der Waals surface area (Å²) in [4.78, 5) is 15.1. The quantitative estimate of drug-likeness (QED) is 0.931. The average Bonchev–Trinajstić information content (AvgIpc) is 2.33. The minimum absolute atomic E-state index is 0.0907. The molecule has 1 aliphatic rings. The van der Waals surface area contributed by atoms with Crippen LogP contribution in [0.3, 0.4) is 0 Å². The van der Waals surface area contributed by atoms with Crippen molar-refractivity contribution >= 4 is 21.9 Å². The second-order valence-corrected chi connectivity index (χ2v) is 5.62. The fraction of sp³-hybridized carbons (Fsp3) is 0.538. The van der Waals surface area contributed by atoms with Gasteiger partial charge in [0.15, 0.2) is 0 Å². The number of carboxylic acid groups (broad SMARTS) is 1. The van der Waals surface area contributed by atoms with Gasteiger partial charge < -0.3 is 9.84 Å². The molecule has 4 nitrogen and oxygen atoms in total. The molecule has 0 radical (unpaired) electrons. The van der Waals surface area contributed by atoms with Crippen molar-refractivity contribution in [1.29, 1.82) is 0 Å². The summed E-state index contributed by atoms with van der Waals surface area (Å²) in [7, 11) is 0. The number of aromatic nitrogens is 1. The van der Waals surface area contributed by atoms with Crippen molar-refractivity contribution in [2.75, 3.05) is 0 Å². The number of pyridine rings is 1. The van der Waals surface area contributed by atoms with E-state index < -0.39 is 5.97 Å². The Bertz CT molecular complexity index is 442. The first kappa shape index (κ1) is 13.3. The van der Waals surface area contributed by atoms with Gasteiger partial charge >= 0.3 is 5.97 Å². The molecule has 0 aliphatic heterocycles. The summed E-state index contributed by atoms with van der Waals surface area (Å²) in [5, 5.41) is 8.93. The van der Waals surface area contributed by atoms with Crippen molar-refractivity contribution in [3.63, 3.8) is 0 Å². The predicted molar refractivity (Wildman–Crippen MR) is 70.7 cm³/mol. The van der Waals surface area contributed by atoms with Gasteiger partial charge in [-0.05, 0) is 54.6 Å². The van der Waals surface area contributed by atoms with E-state index >= 15 is 0 Å². The maximum absolute atomic E-state index is 10.9. The highest BCUT2D eigenvalue weighted by Crippen LogP contribution is 2.28. The molecule has 1 N–H and O–H groups in total. The van der Waals surface area contributed by atoms with Crippen LogP contribution in [-0.4, -0.2) is 22.2 Å². The molecular weight excluding hydrogens is 298 g/mol. The van der Waals surface area contributed by atoms with Crippen LogP contribution in [0.5, 0.6) is 5.88 Å². The molecule has 1 fully saturated rings. The number of hydrogen-bond acceptors (Lipinski definition) is 3. The average molecular weight is 314 g/mol. The first-order valence-corrected chi connectivity index (χ1v) is 6.87. The van der Waals surface area contributed by atoms with Gasteiger partial charge in [-0.15, -0.1) is 0 Å². The van der Waals surface area contributed by atoms with Gasteiger partial charge in [0.1, 0.15) is 6.10 Å². The number of halogens is 1. The molecule has 2 rings (SSSR count). The minimum Gasteiger partial charge on any atom is -0.481 e. The van der Waals surface area contributed by atoms with Crippen LogP contribution < -0.4 is 4.74 Å². The smallest absolute Gasteiger partial charge is 0.306 e. The first-order chi connectivity index (χ1) is 8.56. The molecule has 18 heavy (non-hydrogen) atoms. The summed E-state index contributed by atoms with van der Waals surface area (Å²) in [6, 6.07) is 1.96. The van der Waals surface area contributed by atoms with E-state index in [0.29, 0.717) is 18.7 Å². The fourth-order valence-electron chi connectivity index (χ4n) is 2.24. The Morgan fingerprint density at radius 1 is 1.44 bits per heavy atom. The van der Waals surface area contributed by atoms with Crippen molar-refractivity contribution in [2.45, 2.75) is 38.7 Å². The number of aliphatic carboxylic acids is 1. The monoisotopic (exact) mass is 313 g/mol. The van der Waals surface area contributed by atoms with E-state index in [1.54, 1.807) is 6.20 Å². The molecule has 5 heteroatoms. The summed E-state index contributed by atoms with van der Waals surface area (Å²) in [6.07, 6.45) is 4.76. The zero-order valence-corrected chi connectivity index (χ0v) is 11.8. The van der Waals surface area contributed by atoms with Gasteiger partial charge in [-0.25, -0.2) is 4.98 Å². The summed E-state index contributed by atoms with van der Waals surface area (Å²) < 4.78 is 6.78. The Morgan fingerprint density at radius 2 is 2.11 bits per heavy atom. The SMILES string of the molecule is Cc1cc(Br)cnc1O[C@H]1CC[C@@H](C(=O)O)CC1. The first-order valence-electron chi connectivity index (χ1n) is 6.08. The molecule has 0 bridgehead atoms. The molecule has 0 unspecified atom stereocenters. The number of carboxylic acids is 1. The standard InChI is InChI=1S/C13H16BrNO3/c1-8-6-10(14)7-15-12(8)18-11-4-2-9(3-5-11)13(16)17/h6-7,9,11H,2-5H2,1H3,(H,16,17)/t9-,11+. The molecule has 1 aromatic rings. The van der Waals surface area contributed by atoms with Crippen molar-refractivity contribution in [3.05, 3.63) is 22.3 Å². The molecule has 0 amide bonds. The third-order valence-corrected chi connectivity index (χ3v) is 3.73. The highest BCUT2D eigenvalue weighted by Gasteiger charge is 2.27. The van der Waals surface area contributed by atoms with Crippen molar-refractivity contribution in [1.82, 2.24) is 4.98 Å². The molecule has 98 valence electrons. The van der Waals surface area contributed by atoms with E-state index in [2.05, 4.69) is 20.9 Å². The lowest BCUT2D eigenvalue weighted by Gasteiger charge is -2.26. The Hall–Kier alpha value is -1.10. The molecule has 1 heterocycles. The summed E-state index contributed by atoms with van der Waals surface area (Å²) >= 11 is 3.36. The van der Waals surface area contributed by atoms with Crippen LogP contribution in [0, 0.1) is 12.8 Å². The Kier molecular flexibility index (Phi) is 4.22. The summed E-state index contributed by atoms with van der Waals surface area (Å²) in [6.45, 7) is 1.95. The molecule has 1 saturated carbocycles. The molecule has 1 aromatic heterocycles. The van der Waals surface area contributed by atoms with Gasteiger partial charge in [0.05, 0.1) is 5.92 Å². The second kappa shape index (κ2) is 5.69. The highest BCUT2D eigenvalue weighted by molar-refractivity contribution is 9.10. The normalized spacial score (nSPS) is 23.7. The van der Waals surface area contributed by atoms with E-state index in [-0.39, 0.29) is 12.0 Å². The van der Waals surface area contributed by atoms with Crippen LogP contribution in [0.2, 0.25) is 0 Å².